The second-order valence-electron chi connectivity index (χ2n) is 6.22. The number of azo groups is 1. The first kappa shape index (κ1) is 16.1. The Morgan fingerprint density at radius 3 is 2.67 bits per heavy atom. The number of carbonyl (C=O) groups is 1. The van der Waals surface area contributed by atoms with E-state index in [0.717, 1.165) is 22.7 Å². The minimum Gasteiger partial charge on any atom is -0.295 e. The minimum atomic E-state index is 0.0142. The summed E-state index contributed by atoms with van der Waals surface area (Å²) in [6.45, 7) is 7.75. The second kappa shape index (κ2) is 6.35. The van der Waals surface area contributed by atoms with Gasteiger partial charge in [0.15, 0.2) is 11.6 Å². The lowest BCUT2D eigenvalue weighted by Crippen LogP contribution is -1.90. The molecule has 0 aliphatic carbocycles. The van der Waals surface area contributed by atoms with Crippen LogP contribution in [0, 0.1) is 6.92 Å². The smallest absolute Gasteiger partial charge is 0.183 e. The maximum Gasteiger partial charge on any atom is 0.183 e. The fraction of sp³-hybridized carbons (Fsp3) is 0.263. The van der Waals surface area contributed by atoms with Gasteiger partial charge in [-0.25, -0.2) is 4.98 Å². The largest absolute Gasteiger partial charge is 0.295 e. The Bertz CT molecular complexity index is 938. The van der Waals surface area contributed by atoms with Crippen LogP contribution in [-0.4, -0.2) is 15.2 Å². The number of rotatable bonds is 4. The van der Waals surface area contributed by atoms with Crippen LogP contribution in [0.3, 0.4) is 0 Å². The molecule has 3 rings (SSSR count). The number of aryl methyl sites for hydroxylation is 1. The molecule has 122 valence electrons. The van der Waals surface area contributed by atoms with Crippen molar-refractivity contribution in [3.05, 3.63) is 59.4 Å². The maximum absolute atomic E-state index is 11.5. The van der Waals surface area contributed by atoms with Crippen molar-refractivity contribution in [2.45, 2.75) is 33.6 Å². The van der Waals surface area contributed by atoms with Gasteiger partial charge in [0.1, 0.15) is 5.65 Å². The average molecular weight is 320 g/mol. The lowest BCUT2D eigenvalue weighted by molar-refractivity contribution is 0.101. The Morgan fingerprint density at radius 2 is 1.96 bits per heavy atom. The molecule has 0 spiro atoms. The Hall–Kier alpha value is -2.82. The summed E-state index contributed by atoms with van der Waals surface area (Å²) >= 11 is 0. The van der Waals surface area contributed by atoms with Crippen LogP contribution in [0.25, 0.3) is 5.65 Å². The van der Waals surface area contributed by atoms with Crippen LogP contribution in [0.15, 0.2) is 52.8 Å². The van der Waals surface area contributed by atoms with Crippen LogP contribution in [0.1, 0.15) is 48.3 Å². The maximum atomic E-state index is 11.5. The van der Waals surface area contributed by atoms with E-state index in [1.165, 1.54) is 0 Å². The van der Waals surface area contributed by atoms with Crippen LogP contribution in [0.4, 0.5) is 11.5 Å². The Morgan fingerprint density at radius 1 is 1.17 bits per heavy atom. The zero-order valence-corrected chi connectivity index (χ0v) is 14.3. The lowest BCUT2D eigenvalue weighted by Gasteiger charge is -2.02. The summed E-state index contributed by atoms with van der Waals surface area (Å²) in [5.74, 6) is 0.986. The molecule has 24 heavy (non-hydrogen) atoms. The van der Waals surface area contributed by atoms with Crippen LogP contribution in [-0.2, 0) is 0 Å². The average Bonchev–Trinajstić information content (AvgIpc) is 2.91. The van der Waals surface area contributed by atoms with Crippen molar-refractivity contribution in [3.63, 3.8) is 0 Å². The molecule has 1 aromatic carbocycles. The summed E-state index contributed by atoms with van der Waals surface area (Å²) in [5, 5.41) is 8.77. The third-order valence-electron chi connectivity index (χ3n) is 3.83. The number of pyridine rings is 1. The molecule has 0 saturated heterocycles. The van der Waals surface area contributed by atoms with Crippen LogP contribution in [0.5, 0.6) is 0 Å². The number of ketones is 1. The topological polar surface area (TPSA) is 59.1 Å². The predicted molar refractivity (Wildman–Crippen MR) is 94.6 cm³/mol. The summed E-state index contributed by atoms with van der Waals surface area (Å²) in [7, 11) is 0. The normalized spacial score (nSPS) is 11.7. The minimum absolute atomic E-state index is 0.0142. The first-order chi connectivity index (χ1) is 11.5. The highest BCUT2D eigenvalue weighted by Crippen LogP contribution is 2.29. The number of nitrogens with zero attached hydrogens (tertiary/aromatic N) is 4. The van der Waals surface area contributed by atoms with E-state index < -0.39 is 0 Å². The quantitative estimate of drug-likeness (QED) is 0.478. The first-order valence-corrected chi connectivity index (χ1v) is 7.97. The highest BCUT2D eigenvalue weighted by molar-refractivity contribution is 5.94. The van der Waals surface area contributed by atoms with Crippen LogP contribution in [0.2, 0.25) is 0 Å². The standard InChI is InChI=1S/C19H20N4O/c1-12(2)18-19(23-11-13(3)8-9-17(23)20-18)22-21-16-7-5-6-15(10-16)14(4)24/h5-12H,1-4H3. The monoisotopic (exact) mass is 320 g/mol. The number of hydrogen-bond donors (Lipinski definition) is 0. The van der Waals surface area contributed by atoms with Crippen molar-refractivity contribution in [2.75, 3.05) is 0 Å². The molecule has 3 aromatic rings. The van der Waals surface area contributed by atoms with Crippen molar-refractivity contribution in [1.29, 1.82) is 0 Å². The number of fused-ring (bicyclic) bond motifs is 1. The summed E-state index contributed by atoms with van der Waals surface area (Å²) in [6.07, 6.45) is 2.01. The van der Waals surface area contributed by atoms with E-state index in [9.17, 15) is 4.79 Å². The molecule has 2 aromatic heterocycles. The zero-order chi connectivity index (χ0) is 17.3. The summed E-state index contributed by atoms with van der Waals surface area (Å²) in [6, 6.07) is 11.2. The number of aromatic nitrogens is 2. The molecule has 5 nitrogen and oxygen atoms in total. The van der Waals surface area contributed by atoms with E-state index in [1.807, 2.05) is 41.8 Å². The van der Waals surface area contributed by atoms with Crippen LogP contribution < -0.4 is 0 Å². The number of Topliss-reactive ketones (excluding diaryl/α,β-unsaturated/α-hetero) is 1. The van der Waals surface area contributed by atoms with E-state index in [4.69, 9.17) is 0 Å². The number of benzene rings is 1. The van der Waals surface area contributed by atoms with Gasteiger partial charge in [-0.1, -0.05) is 32.0 Å². The summed E-state index contributed by atoms with van der Waals surface area (Å²) < 4.78 is 1.96. The molecule has 0 N–H and O–H groups in total. The van der Waals surface area contributed by atoms with E-state index in [1.54, 1.807) is 19.1 Å². The number of hydrogen-bond acceptors (Lipinski definition) is 4. The van der Waals surface area contributed by atoms with Gasteiger partial charge in [0.2, 0.25) is 0 Å². The van der Waals surface area contributed by atoms with Gasteiger partial charge in [-0.2, -0.15) is 0 Å². The fourth-order valence-corrected chi connectivity index (χ4v) is 2.54. The molecule has 0 atom stereocenters. The van der Waals surface area contributed by atoms with Gasteiger partial charge < -0.3 is 0 Å². The third kappa shape index (κ3) is 3.11. The molecule has 0 aliphatic rings. The number of imidazole rings is 1. The molecule has 0 unspecified atom stereocenters. The molecular formula is C19H20N4O. The van der Waals surface area contributed by atoms with E-state index in [-0.39, 0.29) is 11.7 Å². The summed E-state index contributed by atoms with van der Waals surface area (Å²) in [4.78, 5) is 16.2. The molecule has 0 saturated carbocycles. The molecular weight excluding hydrogens is 300 g/mol. The van der Waals surface area contributed by atoms with Gasteiger partial charge in [0, 0.05) is 11.8 Å². The first-order valence-electron chi connectivity index (χ1n) is 7.97. The highest BCUT2D eigenvalue weighted by atomic mass is 16.1. The zero-order valence-electron chi connectivity index (χ0n) is 14.3. The van der Waals surface area contributed by atoms with E-state index >= 15 is 0 Å². The summed E-state index contributed by atoms with van der Waals surface area (Å²) in [5.41, 5.74) is 4.18. The van der Waals surface area contributed by atoms with E-state index in [0.29, 0.717) is 11.3 Å². The fourth-order valence-electron chi connectivity index (χ4n) is 2.54. The van der Waals surface area contributed by atoms with Crippen molar-refractivity contribution in [1.82, 2.24) is 9.38 Å². The second-order valence-corrected chi connectivity index (χ2v) is 6.22. The van der Waals surface area contributed by atoms with Gasteiger partial charge in [-0.3, -0.25) is 9.20 Å². The van der Waals surface area contributed by atoms with Gasteiger partial charge in [0.25, 0.3) is 0 Å². The molecule has 0 radical (unpaired) electrons. The molecule has 2 heterocycles. The van der Waals surface area contributed by atoms with Crippen molar-refractivity contribution in [2.24, 2.45) is 10.2 Å². The predicted octanol–water partition coefficient (Wildman–Crippen LogP) is 5.38. The van der Waals surface area contributed by atoms with Gasteiger partial charge >= 0.3 is 0 Å². The molecule has 0 bridgehead atoms. The molecule has 5 heteroatoms. The Labute approximate surface area is 141 Å². The van der Waals surface area contributed by atoms with Crippen molar-refractivity contribution in [3.8, 4) is 0 Å². The lowest BCUT2D eigenvalue weighted by atomic mass is 10.1. The highest BCUT2D eigenvalue weighted by Gasteiger charge is 2.15. The van der Waals surface area contributed by atoms with Crippen molar-refractivity contribution >= 4 is 22.9 Å². The molecule has 0 fully saturated rings. The van der Waals surface area contributed by atoms with Gasteiger partial charge in [-0.15, -0.1) is 10.2 Å². The van der Waals surface area contributed by atoms with Gasteiger partial charge in [0.05, 0.1) is 11.4 Å². The van der Waals surface area contributed by atoms with E-state index in [2.05, 4.69) is 29.1 Å². The van der Waals surface area contributed by atoms with Gasteiger partial charge in [-0.05, 0) is 43.5 Å². The third-order valence-corrected chi connectivity index (χ3v) is 3.83. The SMILES string of the molecule is CC(=O)c1cccc(N=Nc2c(C(C)C)nc3ccc(C)cn23)c1. The van der Waals surface area contributed by atoms with Crippen LogP contribution >= 0.6 is 0 Å². The molecule has 0 amide bonds. The van der Waals surface area contributed by atoms with Crippen molar-refractivity contribution < 1.29 is 4.79 Å². The number of carbonyl (C=O) groups excluding carboxylic acids is 1. The Kier molecular flexibility index (Phi) is 4.25. The Balaban J connectivity index is 2.08. The molecule has 0 aliphatic heterocycles.